The number of urea groups is 1. The molecule has 8 nitrogen and oxygen atoms in total. The summed E-state index contributed by atoms with van der Waals surface area (Å²) in [5.41, 5.74) is -0.710. The molecule has 9 heteroatoms. The van der Waals surface area contributed by atoms with Crippen LogP contribution in [-0.4, -0.2) is 50.1 Å². The number of carbonyl (C=O) groups is 3. The molecule has 18 heavy (non-hydrogen) atoms. The van der Waals surface area contributed by atoms with E-state index in [1.807, 2.05) is 0 Å². The quantitative estimate of drug-likeness (QED) is 0.633. The Morgan fingerprint density at radius 1 is 1.50 bits per heavy atom. The molecule has 4 amide bonds. The van der Waals surface area contributed by atoms with Crippen LogP contribution in [0.4, 0.5) is 4.79 Å². The molecule has 2 saturated heterocycles. The second-order valence-corrected chi connectivity index (χ2v) is 4.82. The van der Waals surface area contributed by atoms with Gasteiger partial charge in [-0.25, -0.2) is 4.79 Å². The summed E-state index contributed by atoms with van der Waals surface area (Å²) in [6, 6.07) is -0.510. The van der Waals surface area contributed by atoms with E-state index in [-0.39, 0.29) is 24.1 Å². The average molecular weight is 267 g/mol. The van der Waals surface area contributed by atoms with E-state index in [0.717, 1.165) is 11.7 Å². The molecular weight excluding hydrogens is 258 g/mol. The summed E-state index contributed by atoms with van der Waals surface area (Å²) in [6.07, 6.45) is 1.80. The summed E-state index contributed by atoms with van der Waals surface area (Å²) in [7, 11) is 0. The number of nitrogens with one attached hydrogen (secondary N) is 2. The van der Waals surface area contributed by atoms with Crippen LogP contribution in [0.15, 0.2) is 6.20 Å². The van der Waals surface area contributed by atoms with Crippen LogP contribution in [0.3, 0.4) is 0 Å². The monoisotopic (exact) mass is 267 g/mol. The molecule has 0 radical (unpaired) electrons. The Kier molecular flexibility index (Phi) is 2.30. The first kappa shape index (κ1) is 11.1. The highest BCUT2D eigenvalue weighted by atomic mass is 32.1. The highest BCUT2D eigenvalue weighted by molar-refractivity contribution is 6.99. The Labute approximate surface area is 106 Å². The van der Waals surface area contributed by atoms with E-state index in [4.69, 9.17) is 0 Å². The van der Waals surface area contributed by atoms with Crippen molar-refractivity contribution < 1.29 is 14.4 Å². The summed E-state index contributed by atoms with van der Waals surface area (Å²) < 4.78 is 7.63. The van der Waals surface area contributed by atoms with Crippen LogP contribution in [0, 0.1) is 0 Å². The number of aromatic nitrogens is 2. The van der Waals surface area contributed by atoms with Gasteiger partial charge in [-0.3, -0.25) is 14.9 Å². The van der Waals surface area contributed by atoms with Crippen molar-refractivity contribution in [3.05, 3.63) is 11.9 Å². The lowest BCUT2D eigenvalue weighted by molar-refractivity contribution is -0.123. The van der Waals surface area contributed by atoms with E-state index in [1.54, 1.807) is 0 Å². The second-order valence-electron chi connectivity index (χ2n) is 4.26. The van der Waals surface area contributed by atoms with E-state index in [1.165, 1.54) is 11.1 Å². The van der Waals surface area contributed by atoms with Crippen LogP contribution in [0.1, 0.15) is 16.9 Å². The standard InChI is InChI=1S/C9H9N5O3S/c15-6(5-3-10-18-13-5)14-2-1-9(4-14)7(16)11-8(17)12-9/h3H,1-2,4H2,(H2,11,12,16,17). The van der Waals surface area contributed by atoms with Gasteiger partial charge >= 0.3 is 6.03 Å². The number of imide groups is 1. The number of rotatable bonds is 1. The normalized spacial score (nSPS) is 26.6. The van der Waals surface area contributed by atoms with Gasteiger partial charge in [0.2, 0.25) is 0 Å². The number of amides is 4. The number of nitrogens with zero attached hydrogens (tertiary/aromatic N) is 3. The minimum atomic E-state index is -0.976. The average Bonchev–Trinajstić information content (AvgIpc) is 3.01. The van der Waals surface area contributed by atoms with Crippen LogP contribution in [-0.2, 0) is 4.79 Å². The van der Waals surface area contributed by atoms with Crippen LogP contribution in [0.25, 0.3) is 0 Å². The molecule has 2 aliphatic heterocycles. The van der Waals surface area contributed by atoms with Gasteiger partial charge in [-0.1, -0.05) is 0 Å². The van der Waals surface area contributed by atoms with E-state index in [0.29, 0.717) is 13.0 Å². The summed E-state index contributed by atoms with van der Waals surface area (Å²) in [4.78, 5) is 36.4. The number of carbonyl (C=O) groups excluding carboxylic acids is 3. The van der Waals surface area contributed by atoms with E-state index in [2.05, 4.69) is 19.4 Å². The molecule has 2 fully saturated rings. The second kappa shape index (κ2) is 3.73. The number of hydrogen-bond acceptors (Lipinski definition) is 6. The van der Waals surface area contributed by atoms with Crippen molar-refractivity contribution in [1.29, 1.82) is 0 Å². The van der Waals surface area contributed by atoms with E-state index < -0.39 is 11.6 Å². The molecule has 1 unspecified atom stereocenters. The molecule has 1 aromatic rings. The maximum atomic E-state index is 12.0. The van der Waals surface area contributed by atoms with Crippen molar-refractivity contribution in [2.75, 3.05) is 13.1 Å². The molecule has 0 bridgehead atoms. The van der Waals surface area contributed by atoms with Gasteiger partial charge in [-0.2, -0.15) is 8.75 Å². The smallest absolute Gasteiger partial charge is 0.322 e. The first-order chi connectivity index (χ1) is 8.61. The zero-order chi connectivity index (χ0) is 12.8. The molecule has 2 aliphatic rings. The molecule has 0 saturated carbocycles. The number of likely N-dealkylation sites (tertiary alicyclic amines) is 1. The Hall–Kier alpha value is -2.03. The topological polar surface area (TPSA) is 104 Å². The fourth-order valence-corrected chi connectivity index (χ4v) is 2.63. The molecule has 94 valence electrons. The molecule has 1 aromatic heterocycles. The lowest BCUT2D eigenvalue weighted by Crippen LogP contribution is -2.49. The predicted octanol–water partition coefficient (Wildman–Crippen LogP) is -1.04. The van der Waals surface area contributed by atoms with Crippen molar-refractivity contribution >= 4 is 29.6 Å². The summed E-state index contributed by atoms with van der Waals surface area (Å²) >= 11 is 0.955. The Bertz CT molecular complexity index is 530. The Morgan fingerprint density at radius 3 is 2.94 bits per heavy atom. The van der Waals surface area contributed by atoms with Crippen molar-refractivity contribution in [1.82, 2.24) is 24.3 Å². The molecule has 2 N–H and O–H groups in total. The molecule has 3 heterocycles. The maximum absolute atomic E-state index is 12.0. The zero-order valence-corrected chi connectivity index (χ0v) is 9.99. The van der Waals surface area contributed by atoms with Crippen LogP contribution >= 0.6 is 11.7 Å². The molecule has 3 rings (SSSR count). The summed E-state index contributed by atoms with van der Waals surface area (Å²) in [6.45, 7) is 0.574. The van der Waals surface area contributed by atoms with Crippen LogP contribution in [0.2, 0.25) is 0 Å². The van der Waals surface area contributed by atoms with Gasteiger partial charge in [0.05, 0.1) is 24.5 Å². The fraction of sp³-hybridized carbons (Fsp3) is 0.444. The van der Waals surface area contributed by atoms with Crippen molar-refractivity contribution in [3.8, 4) is 0 Å². The Balaban J connectivity index is 1.78. The minimum absolute atomic E-state index is 0.168. The molecule has 0 aromatic carbocycles. The summed E-state index contributed by atoms with van der Waals surface area (Å²) in [5.74, 6) is -0.645. The molecule has 0 aliphatic carbocycles. The molecule has 1 atom stereocenters. The van der Waals surface area contributed by atoms with Crippen LogP contribution < -0.4 is 10.6 Å². The third-order valence-electron chi connectivity index (χ3n) is 3.15. The lowest BCUT2D eigenvalue weighted by atomic mass is 10.00. The minimum Gasteiger partial charge on any atom is -0.334 e. The largest absolute Gasteiger partial charge is 0.334 e. The van der Waals surface area contributed by atoms with Gasteiger partial charge in [0.15, 0.2) is 5.69 Å². The number of hydrogen-bond donors (Lipinski definition) is 2. The van der Waals surface area contributed by atoms with E-state index in [9.17, 15) is 14.4 Å². The van der Waals surface area contributed by atoms with Gasteiger partial charge in [0, 0.05) is 6.54 Å². The summed E-state index contributed by atoms with van der Waals surface area (Å²) in [5, 5.41) is 4.77. The van der Waals surface area contributed by atoms with Crippen LogP contribution in [0.5, 0.6) is 0 Å². The molecule has 1 spiro atoms. The highest BCUT2D eigenvalue weighted by Crippen LogP contribution is 2.25. The molecular formula is C9H9N5O3S. The van der Waals surface area contributed by atoms with E-state index >= 15 is 0 Å². The third-order valence-corrected chi connectivity index (χ3v) is 3.63. The lowest BCUT2D eigenvalue weighted by Gasteiger charge is -2.20. The van der Waals surface area contributed by atoms with Gasteiger partial charge in [-0.05, 0) is 6.42 Å². The fourth-order valence-electron chi connectivity index (χ4n) is 2.22. The first-order valence-electron chi connectivity index (χ1n) is 5.31. The highest BCUT2D eigenvalue weighted by Gasteiger charge is 2.51. The SMILES string of the molecule is O=C1NC(=O)C2(CCN(C(=O)c3cnsn3)C2)N1. The predicted molar refractivity (Wildman–Crippen MR) is 59.8 cm³/mol. The third kappa shape index (κ3) is 1.55. The van der Waals surface area contributed by atoms with Crippen molar-refractivity contribution in [3.63, 3.8) is 0 Å². The van der Waals surface area contributed by atoms with Gasteiger partial charge in [0.25, 0.3) is 11.8 Å². The van der Waals surface area contributed by atoms with Gasteiger partial charge in [0.1, 0.15) is 5.54 Å². The van der Waals surface area contributed by atoms with Gasteiger partial charge < -0.3 is 10.2 Å². The maximum Gasteiger partial charge on any atom is 0.322 e. The first-order valence-corrected chi connectivity index (χ1v) is 6.04. The van der Waals surface area contributed by atoms with Crippen molar-refractivity contribution in [2.45, 2.75) is 12.0 Å². The van der Waals surface area contributed by atoms with Crippen molar-refractivity contribution in [2.24, 2.45) is 0 Å². The zero-order valence-electron chi connectivity index (χ0n) is 9.17. The Morgan fingerprint density at radius 2 is 2.33 bits per heavy atom. The van der Waals surface area contributed by atoms with Gasteiger partial charge in [-0.15, -0.1) is 0 Å².